The topological polar surface area (TPSA) is 57.4 Å². The summed E-state index contributed by atoms with van der Waals surface area (Å²) in [5, 5.41) is 4.13. The molecule has 5 heteroatoms. The Balaban J connectivity index is 1.84. The maximum Gasteiger partial charge on any atom is 0.407 e. The summed E-state index contributed by atoms with van der Waals surface area (Å²) in [4.78, 5) is 16.8. The van der Waals surface area contributed by atoms with Gasteiger partial charge in [0.15, 0.2) is 0 Å². The number of aromatic nitrogens is 1. The van der Waals surface area contributed by atoms with E-state index in [4.69, 9.17) is 4.74 Å². The van der Waals surface area contributed by atoms with E-state index in [1.54, 1.807) is 0 Å². The summed E-state index contributed by atoms with van der Waals surface area (Å²) < 4.78 is 4.96. The van der Waals surface area contributed by atoms with Gasteiger partial charge in [-0.3, -0.25) is 0 Å². The standard InChI is InChI=1S/C17H23N3O2/c1-11-14(6-7-20(2)3)15-9-12(4-5-16(15)18-11)8-13-10-22-17(21)19-13/h4-5,9,13,18H,6-8,10H2,1-3H3,(H,19,21). The zero-order chi connectivity index (χ0) is 15.7. The van der Waals surface area contributed by atoms with E-state index in [1.807, 2.05) is 0 Å². The van der Waals surface area contributed by atoms with Crippen LogP contribution in [-0.2, 0) is 17.6 Å². The molecule has 0 radical (unpaired) electrons. The molecule has 1 aliphatic rings. The van der Waals surface area contributed by atoms with E-state index in [2.05, 4.69) is 54.4 Å². The number of amides is 1. The fourth-order valence-electron chi connectivity index (χ4n) is 3.03. The fourth-order valence-corrected chi connectivity index (χ4v) is 3.03. The second-order valence-corrected chi connectivity index (χ2v) is 6.31. The first kappa shape index (κ1) is 14.9. The molecule has 22 heavy (non-hydrogen) atoms. The predicted octanol–water partition coefficient (Wildman–Crippen LogP) is 2.23. The number of nitrogens with zero attached hydrogens (tertiary/aromatic N) is 1. The molecular weight excluding hydrogens is 278 g/mol. The highest BCUT2D eigenvalue weighted by Crippen LogP contribution is 2.25. The summed E-state index contributed by atoms with van der Waals surface area (Å²) in [6.45, 7) is 3.62. The first-order valence-corrected chi connectivity index (χ1v) is 7.71. The molecule has 0 aliphatic carbocycles. The molecule has 0 saturated carbocycles. The molecule has 1 aromatic carbocycles. The normalized spacial score (nSPS) is 18.0. The molecule has 1 aliphatic heterocycles. The number of aryl methyl sites for hydroxylation is 1. The molecule has 2 aromatic rings. The largest absolute Gasteiger partial charge is 0.447 e. The lowest BCUT2D eigenvalue weighted by Gasteiger charge is -2.10. The van der Waals surface area contributed by atoms with Crippen molar-refractivity contribution in [2.45, 2.75) is 25.8 Å². The highest BCUT2D eigenvalue weighted by molar-refractivity contribution is 5.85. The van der Waals surface area contributed by atoms with Crippen molar-refractivity contribution in [3.05, 3.63) is 35.0 Å². The van der Waals surface area contributed by atoms with Crippen LogP contribution in [0.5, 0.6) is 0 Å². The summed E-state index contributed by atoms with van der Waals surface area (Å²) in [5.74, 6) is 0. The number of alkyl carbamates (subject to hydrolysis) is 1. The zero-order valence-electron chi connectivity index (χ0n) is 13.4. The Kier molecular flexibility index (Phi) is 4.07. The number of carbonyl (C=O) groups excluding carboxylic acids is 1. The first-order chi connectivity index (χ1) is 10.5. The number of likely N-dealkylation sites (N-methyl/N-ethyl adjacent to an activating group) is 1. The van der Waals surface area contributed by atoms with Crippen LogP contribution < -0.4 is 5.32 Å². The van der Waals surface area contributed by atoms with Crippen molar-refractivity contribution in [3.8, 4) is 0 Å². The second kappa shape index (κ2) is 6.01. The lowest BCUT2D eigenvalue weighted by Crippen LogP contribution is -2.28. The Morgan fingerprint density at radius 2 is 2.18 bits per heavy atom. The summed E-state index contributed by atoms with van der Waals surface area (Å²) in [6, 6.07) is 6.58. The molecule has 1 atom stereocenters. The van der Waals surface area contributed by atoms with E-state index in [0.29, 0.717) is 6.61 Å². The highest BCUT2D eigenvalue weighted by Gasteiger charge is 2.22. The van der Waals surface area contributed by atoms with E-state index in [0.717, 1.165) is 19.4 Å². The zero-order valence-corrected chi connectivity index (χ0v) is 13.4. The Labute approximate surface area is 130 Å². The van der Waals surface area contributed by atoms with E-state index in [1.165, 1.54) is 27.7 Å². The molecule has 118 valence electrons. The van der Waals surface area contributed by atoms with Gasteiger partial charge in [0.05, 0.1) is 6.04 Å². The maximum absolute atomic E-state index is 11.1. The third-order valence-corrected chi connectivity index (χ3v) is 4.21. The molecule has 1 fully saturated rings. The predicted molar refractivity (Wildman–Crippen MR) is 87.3 cm³/mol. The van der Waals surface area contributed by atoms with Gasteiger partial charge in [-0.05, 0) is 57.1 Å². The van der Waals surface area contributed by atoms with Crippen LogP contribution in [0.3, 0.4) is 0 Å². The lowest BCUT2D eigenvalue weighted by molar-refractivity contribution is 0.177. The van der Waals surface area contributed by atoms with E-state index in [-0.39, 0.29) is 12.1 Å². The third kappa shape index (κ3) is 3.09. The van der Waals surface area contributed by atoms with Crippen molar-refractivity contribution < 1.29 is 9.53 Å². The van der Waals surface area contributed by atoms with Gasteiger partial charge in [-0.2, -0.15) is 0 Å². The Bertz CT molecular complexity index is 691. The van der Waals surface area contributed by atoms with Crippen LogP contribution in [0.1, 0.15) is 16.8 Å². The minimum absolute atomic E-state index is 0.0789. The van der Waals surface area contributed by atoms with Gasteiger partial charge in [0.2, 0.25) is 0 Å². The fraction of sp³-hybridized carbons (Fsp3) is 0.471. The minimum atomic E-state index is -0.310. The molecule has 1 aromatic heterocycles. The Morgan fingerprint density at radius 1 is 1.36 bits per heavy atom. The minimum Gasteiger partial charge on any atom is -0.447 e. The van der Waals surface area contributed by atoms with Gasteiger partial charge >= 0.3 is 6.09 Å². The van der Waals surface area contributed by atoms with Crippen LogP contribution in [0.15, 0.2) is 18.2 Å². The van der Waals surface area contributed by atoms with Crippen molar-refractivity contribution in [2.75, 3.05) is 27.2 Å². The van der Waals surface area contributed by atoms with E-state index < -0.39 is 0 Å². The van der Waals surface area contributed by atoms with Crippen LogP contribution in [0, 0.1) is 6.92 Å². The molecule has 0 bridgehead atoms. The molecule has 3 rings (SSSR count). The Hall–Kier alpha value is -2.01. The SMILES string of the molecule is Cc1[nH]c2ccc(CC3COC(=O)N3)cc2c1CCN(C)C. The number of cyclic esters (lactones) is 1. The van der Waals surface area contributed by atoms with Gasteiger partial charge in [-0.15, -0.1) is 0 Å². The van der Waals surface area contributed by atoms with Gasteiger partial charge in [0.1, 0.15) is 6.61 Å². The molecule has 1 amide bonds. The summed E-state index contributed by atoms with van der Waals surface area (Å²) in [5.41, 5.74) is 5.04. The van der Waals surface area contributed by atoms with E-state index >= 15 is 0 Å². The van der Waals surface area contributed by atoms with Crippen molar-refractivity contribution in [2.24, 2.45) is 0 Å². The van der Waals surface area contributed by atoms with Crippen LogP contribution in [0.4, 0.5) is 4.79 Å². The van der Waals surface area contributed by atoms with Gasteiger partial charge in [0.25, 0.3) is 0 Å². The summed E-state index contributed by atoms with van der Waals surface area (Å²) in [7, 11) is 4.19. The van der Waals surface area contributed by atoms with Crippen molar-refractivity contribution in [1.82, 2.24) is 15.2 Å². The van der Waals surface area contributed by atoms with Gasteiger partial charge in [-0.1, -0.05) is 6.07 Å². The van der Waals surface area contributed by atoms with Crippen LogP contribution >= 0.6 is 0 Å². The number of benzene rings is 1. The molecular formula is C17H23N3O2. The monoisotopic (exact) mass is 301 g/mol. The average Bonchev–Trinajstić information content (AvgIpc) is 2.99. The summed E-state index contributed by atoms with van der Waals surface area (Å²) in [6.07, 6.45) is 1.53. The first-order valence-electron chi connectivity index (χ1n) is 7.71. The number of hydrogen-bond acceptors (Lipinski definition) is 3. The number of fused-ring (bicyclic) bond motifs is 1. The van der Waals surface area contributed by atoms with Crippen LogP contribution in [0.25, 0.3) is 10.9 Å². The highest BCUT2D eigenvalue weighted by atomic mass is 16.6. The number of ether oxygens (including phenoxy) is 1. The number of nitrogens with one attached hydrogen (secondary N) is 2. The Morgan fingerprint density at radius 3 is 2.86 bits per heavy atom. The summed E-state index contributed by atoms with van der Waals surface area (Å²) >= 11 is 0. The molecule has 0 spiro atoms. The van der Waals surface area contributed by atoms with Gasteiger partial charge < -0.3 is 19.9 Å². The van der Waals surface area contributed by atoms with E-state index in [9.17, 15) is 4.79 Å². The molecule has 5 nitrogen and oxygen atoms in total. The quantitative estimate of drug-likeness (QED) is 0.890. The number of hydrogen-bond donors (Lipinski definition) is 2. The second-order valence-electron chi connectivity index (χ2n) is 6.31. The van der Waals surface area contributed by atoms with Crippen molar-refractivity contribution in [1.29, 1.82) is 0 Å². The molecule has 2 heterocycles. The van der Waals surface area contributed by atoms with Crippen molar-refractivity contribution >= 4 is 17.0 Å². The maximum atomic E-state index is 11.1. The number of rotatable bonds is 5. The van der Waals surface area contributed by atoms with Gasteiger partial charge in [0, 0.05) is 23.1 Å². The van der Waals surface area contributed by atoms with Crippen molar-refractivity contribution in [3.63, 3.8) is 0 Å². The third-order valence-electron chi connectivity index (χ3n) is 4.21. The number of H-pyrrole nitrogens is 1. The molecule has 1 unspecified atom stereocenters. The number of carbonyl (C=O) groups is 1. The van der Waals surface area contributed by atoms with Crippen LogP contribution in [0.2, 0.25) is 0 Å². The lowest BCUT2D eigenvalue weighted by atomic mass is 10.0. The van der Waals surface area contributed by atoms with Gasteiger partial charge in [-0.25, -0.2) is 4.79 Å². The van der Waals surface area contributed by atoms with Crippen LogP contribution in [-0.4, -0.2) is 49.3 Å². The molecule has 2 N–H and O–H groups in total. The number of aromatic amines is 1. The average molecular weight is 301 g/mol. The molecule has 1 saturated heterocycles. The smallest absolute Gasteiger partial charge is 0.407 e.